The molecule has 0 saturated carbocycles. The second-order valence-electron chi connectivity index (χ2n) is 7.58. The number of aromatic nitrogens is 3. The number of rotatable bonds is 4. The lowest BCUT2D eigenvalue weighted by atomic mass is 9.96. The maximum absolute atomic E-state index is 12.3. The van der Waals surface area contributed by atoms with Crippen molar-refractivity contribution < 1.29 is 4.79 Å². The summed E-state index contributed by atoms with van der Waals surface area (Å²) in [6, 6.07) is 9.43. The zero-order valence-electron chi connectivity index (χ0n) is 17.5. The summed E-state index contributed by atoms with van der Waals surface area (Å²) in [5, 5.41) is 14.8. The molecule has 0 bridgehead atoms. The predicted octanol–water partition coefficient (Wildman–Crippen LogP) is 4.42. The van der Waals surface area contributed by atoms with Crippen LogP contribution in [-0.4, -0.2) is 32.4 Å². The number of likely N-dealkylation sites (tertiary alicyclic amines) is 1. The van der Waals surface area contributed by atoms with Crippen LogP contribution in [-0.2, 0) is 0 Å². The number of nitrogens with one attached hydrogen (secondary N) is 2. The molecule has 3 heterocycles. The molecule has 8 nitrogen and oxygen atoms in total. The maximum Gasteiger partial charge on any atom is 0.324 e. The van der Waals surface area contributed by atoms with Crippen LogP contribution in [0.4, 0.5) is 16.3 Å². The monoisotopic (exact) mass is 413 g/mol. The fraction of sp³-hybridized carbons (Fsp3) is 0.261. The van der Waals surface area contributed by atoms with Crippen LogP contribution in [0.2, 0.25) is 0 Å². The Morgan fingerprint density at radius 1 is 1.16 bits per heavy atom. The molecule has 156 valence electrons. The van der Waals surface area contributed by atoms with Crippen LogP contribution >= 0.6 is 0 Å². The second-order valence-corrected chi connectivity index (χ2v) is 7.58. The van der Waals surface area contributed by atoms with E-state index in [0.717, 1.165) is 41.8 Å². The number of pyridine rings is 1. The molecule has 1 saturated heterocycles. The van der Waals surface area contributed by atoms with E-state index >= 15 is 0 Å². The number of amides is 2. The molecule has 1 aromatic carbocycles. The molecule has 0 spiro atoms. The van der Waals surface area contributed by atoms with Gasteiger partial charge in [-0.15, -0.1) is 0 Å². The van der Waals surface area contributed by atoms with E-state index in [0.29, 0.717) is 17.2 Å². The molecule has 1 atom stereocenters. The van der Waals surface area contributed by atoms with Crippen LogP contribution < -0.4 is 10.6 Å². The first-order valence-corrected chi connectivity index (χ1v) is 10.1. The summed E-state index contributed by atoms with van der Waals surface area (Å²) in [7, 11) is 0. The largest absolute Gasteiger partial charge is 0.324 e. The lowest BCUT2D eigenvalue weighted by Crippen LogP contribution is -2.20. The van der Waals surface area contributed by atoms with Crippen molar-refractivity contribution in [1.82, 2.24) is 19.9 Å². The molecule has 4 rings (SSSR count). The van der Waals surface area contributed by atoms with Gasteiger partial charge < -0.3 is 10.2 Å². The summed E-state index contributed by atoms with van der Waals surface area (Å²) in [6.45, 7) is 4.74. The third-order valence-electron chi connectivity index (χ3n) is 5.35. The minimum Gasteiger partial charge on any atom is -0.306 e. The van der Waals surface area contributed by atoms with E-state index in [9.17, 15) is 10.1 Å². The Morgan fingerprint density at radius 2 is 2.03 bits per heavy atom. The van der Waals surface area contributed by atoms with Gasteiger partial charge in [-0.25, -0.2) is 9.78 Å². The highest BCUT2D eigenvalue weighted by Gasteiger charge is 2.26. The lowest BCUT2D eigenvalue weighted by Gasteiger charge is -2.21. The van der Waals surface area contributed by atoms with E-state index in [1.807, 2.05) is 30.9 Å². The summed E-state index contributed by atoms with van der Waals surface area (Å²) in [4.78, 5) is 27.0. The van der Waals surface area contributed by atoms with Crippen molar-refractivity contribution in [3.05, 3.63) is 65.7 Å². The van der Waals surface area contributed by atoms with Gasteiger partial charge in [-0.1, -0.05) is 12.1 Å². The molecule has 0 radical (unpaired) electrons. The lowest BCUT2D eigenvalue weighted by molar-refractivity contribution is 0.262. The fourth-order valence-electron chi connectivity index (χ4n) is 3.80. The normalized spacial score (nSPS) is 15.4. The third-order valence-corrected chi connectivity index (χ3v) is 5.35. The molecule has 1 aliphatic rings. The van der Waals surface area contributed by atoms with E-state index in [2.05, 4.69) is 43.9 Å². The first-order valence-electron chi connectivity index (χ1n) is 10.1. The van der Waals surface area contributed by atoms with Crippen LogP contribution in [0.3, 0.4) is 0 Å². The molecular formula is C23H23N7O. The number of carbonyl (C=O) groups is 1. The van der Waals surface area contributed by atoms with Gasteiger partial charge in [0.25, 0.3) is 0 Å². The van der Waals surface area contributed by atoms with Crippen molar-refractivity contribution in [2.24, 2.45) is 0 Å². The molecule has 0 aliphatic carbocycles. The summed E-state index contributed by atoms with van der Waals surface area (Å²) in [5.74, 6) is 0.350. The van der Waals surface area contributed by atoms with Crippen LogP contribution in [0.1, 0.15) is 35.7 Å². The minimum absolute atomic E-state index is 0.137. The number of carbonyl (C=O) groups excluding carboxylic acids is 1. The smallest absolute Gasteiger partial charge is 0.306 e. The Labute approximate surface area is 181 Å². The van der Waals surface area contributed by atoms with Crippen molar-refractivity contribution >= 4 is 17.5 Å². The molecule has 2 N–H and O–H groups in total. The molecule has 2 amide bonds. The van der Waals surface area contributed by atoms with E-state index in [1.165, 1.54) is 6.20 Å². The van der Waals surface area contributed by atoms with Gasteiger partial charge >= 0.3 is 6.03 Å². The average molecular weight is 413 g/mol. The highest BCUT2D eigenvalue weighted by Crippen LogP contribution is 2.34. The number of anilines is 2. The van der Waals surface area contributed by atoms with Crippen LogP contribution in [0.25, 0.3) is 11.3 Å². The average Bonchev–Trinajstić information content (AvgIpc) is 3.24. The second kappa shape index (κ2) is 8.79. The number of hydrogen-bond donors (Lipinski definition) is 2. The van der Waals surface area contributed by atoms with E-state index in [1.54, 1.807) is 18.5 Å². The molecule has 8 heteroatoms. The third kappa shape index (κ3) is 4.61. The number of hydrogen-bond acceptors (Lipinski definition) is 6. The summed E-state index contributed by atoms with van der Waals surface area (Å²) in [5.41, 5.74) is 5.30. The van der Waals surface area contributed by atoms with E-state index in [-0.39, 0.29) is 6.04 Å². The Hall–Kier alpha value is -3.99. The van der Waals surface area contributed by atoms with Crippen molar-refractivity contribution in [3.63, 3.8) is 0 Å². The van der Waals surface area contributed by atoms with Gasteiger partial charge in [-0.05, 0) is 56.0 Å². The number of urea groups is 1. The molecule has 1 unspecified atom stereocenters. The van der Waals surface area contributed by atoms with Crippen molar-refractivity contribution in [2.45, 2.75) is 32.7 Å². The van der Waals surface area contributed by atoms with Gasteiger partial charge in [0.1, 0.15) is 0 Å². The standard InChI is InChI=1S/C23H23N7O/c1-15-10-17(6-8-19(15)21-4-3-9-30(21)14-24)20-12-25-13-22(28-20)29-23(31)27-18-7-5-16(2)26-11-18/h5-8,10-13,21H,3-4,9H2,1-2H3,(H2,27,28,29,31). The highest BCUT2D eigenvalue weighted by atomic mass is 16.2. The van der Waals surface area contributed by atoms with Gasteiger partial charge in [-0.3, -0.25) is 15.3 Å². The number of nitriles is 1. The Morgan fingerprint density at radius 3 is 2.77 bits per heavy atom. The summed E-state index contributed by atoms with van der Waals surface area (Å²) >= 11 is 0. The summed E-state index contributed by atoms with van der Waals surface area (Å²) in [6.07, 6.45) is 9.07. The van der Waals surface area contributed by atoms with Gasteiger partial charge in [0.05, 0.1) is 36.0 Å². The quantitative estimate of drug-likeness (QED) is 0.613. The van der Waals surface area contributed by atoms with Gasteiger partial charge in [0.15, 0.2) is 12.0 Å². The maximum atomic E-state index is 12.3. The van der Waals surface area contributed by atoms with Crippen LogP contribution in [0.5, 0.6) is 0 Å². The Bertz CT molecular complexity index is 1140. The first kappa shape index (κ1) is 20.3. The fourth-order valence-corrected chi connectivity index (χ4v) is 3.80. The van der Waals surface area contributed by atoms with Crippen molar-refractivity contribution in [3.8, 4) is 17.5 Å². The zero-order valence-corrected chi connectivity index (χ0v) is 17.5. The number of benzene rings is 1. The van der Waals surface area contributed by atoms with Gasteiger partial charge in [-0.2, -0.15) is 5.26 Å². The molecule has 1 fully saturated rings. The van der Waals surface area contributed by atoms with Crippen LogP contribution in [0, 0.1) is 25.3 Å². The summed E-state index contributed by atoms with van der Waals surface area (Å²) < 4.78 is 0. The zero-order chi connectivity index (χ0) is 21.8. The minimum atomic E-state index is -0.415. The highest BCUT2D eigenvalue weighted by molar-refractivity contribution is 5.99. The van der Waals surface area contributed by atoms with Gasteiger partial charge in [0, 0.05) is 17.8 Å². The Balaban J connectivity index is 1.49. The molecular weight excluding hydrogens is 390 g/mol. The van der Waals surface area contributed by atoms with E-state index < -0.39 is 6.03 Å². The van der Waals surface area contributed by atoms with Gasteiger partial charge in [0.2, 0.25) is 0 Å². The number of aryl methyl sites for hydroxylation is 2. The molecule has 31 heavy (non-hydrogen) atoms. The topological polar surface area (TPSA) is 107 Å². The van der Waals surface area contributed by atoms with Crippen LogP contribution in [0.15, 0.2) is 48.9 Å². The van der Waals surface area contributed by atoms with Crippen molar-refractivity contribution in [2.75, 3.05) is 17.2 Å². The molecule has 1 aliphatic heterocycles. The van der Waals surface area contributed by atoms with E-state index in [4.69, 9.17) is 0 Å². The van der Waals surface area contributed by atoms with Crippen molar-refractivity contribution in [1.29, 1.82) is 5.26 Å². The Kier molecular flexibility index (Phi) is 5.76. The predicted molar refractivity (Wildman–Crippen MR) is 118 cm³/mol. The molecule has 3 aromatic rings. The molecule has 2 aromatic heterocycles. The first-order chi connectivity index (χ1) is 15.0. The number of nitrogens with zero attached hydrogens (tertiary/aromatic N) is 5. The SMILES string of the molecule is Cc1ccc(NC(=O)Nc2cncc(-c3ccc(C4CCCN4C#N)c(C)c3)n2)cn1.